The van der Waals surface area contributed by atoms with Gasteiger partial charge in [-0.05, 0) is 65.2 Å². The lowest BCUT2D eigenvalue weighted by Crippen LogP contribution is -2.31. The number of nitrogens with zero attached hydrogens (tertiary/aromatic N) is 3. The molecule has 1 unspecified atom stereocenters. The Morgan fingerprint density at radius 1 is 1.17 bits per heavy atom. The number of carbonyl (C=O) groups is 1. The summed E-state index contributed by atoms with van der Waals surface area (Å²) in [6, 6.07) is 18.8. The number of nitrogens with one attached hydrogen (secondary N) is 2. The molecule has 0 saturated carbocycles. The number of thioether (sulfide) groups is 1. The van der Waals surface area contributed by atoms with Gasteiger partial charge in [-0.25, -0.2) is 9.07 Å². The van der Waals surface area contributed by atoms with Gasteiger partial charge in [-0.2, -0.15) is 4.98 Å². The van der Waals surface area contributed by atoms with Gasteiger partial charge in [0.25, 0.3) is 5.91 Å². The number of ether oxygens (including phenoxy) is 2. The van der Waals surface area contributed by atoms with E-state index >= 15 is 0 Å². The Balaban J connectivity index is 1.55. The summed E-state index contributed by atoms with van der Waals surface area (Å²) < 4.78 is 28.3. The molecule has 1 aliphatic rings. The van der Waals surface area contributed by atoms with Crippen molar-refractivity contribution in [1.82, 2.24) is 14.8 Å². The van der Waals surface area contributed by atoms with E-state index in [2.05, 4.69) is 38.5 Å². The predicted molar refractivity (Wildman–Crippen MR) is 162 cm³/mol. The Morgan fingerprint density at radius 3 is 2.66 bits per heavy atom. The molecular formula is C30H29BrFN5O3S. The molecule has 212 valence electrons. The van der Waals surface area contributed by atoms with Gasteiger partial charge in [-0.1, -0.05) is 55.1 Å². The van der Waals surface area contributed by atoms with Gasteiger partial charge >= 0.3 is 0 Å². The first-order valence-corrected chi connectivity index (χ1v) is 14.8. The van der Waals surface area contributed by atoms with Gasteiger partial charge in [-0.3, -0.25) is 4.79 Å². The topological polar surface area (TPSA) is 90.3 Å². The van der Waals surface area contributed by atoms with Crippen molar-refractivity contribution in [3.63, 3.8) is 0 Å². The molecule has 1 atom stereocenters. The van der Waals surface area contributed by atoms with Crippen LogP contribution in [0.1, 0.15) is 37.4 Å². The van der Waals surface area contributed by atoms with Gasteiger partial charge in [0.2, 0.25) is 11.1 Å². The van der Waals surface area contributed by atoms with Crippen LogP contribution in [0.2, 0.25) is 0 Å². The van der Waals surface area contributed by atoms with E-state index in [0.717, 1.165) is 17.7 Å². The minimum absolute atomic E-state index is 0.0172. The third kappa shape index (κ3) is 6.25. The number of fused-ring (bicyclic) bond motifs is 1. The summed E-state index contributed by atoms with van der Waals surface area (Å²) in [5.74, 6) is 1.63. The van der Waals surface area contributed by atoms with Crippen molar-refractivity contribution < 1.29 is 18.7 Å². The van der Waals surface area contributed by atoms with E-state index in [9.17, 15) is 9.18 Å². The lowest BCUT2D eigenvalue weighted by molar-refractivity contribution is -0.113. The van der Waals surface area contributed by atoms with Gasteiger partial charge < -0.3 is 20.1 Å². The molecule has 1 amide bonds. The van der Waals surface area contributed by atoms with Crippen molar-refractivity contribution >= 4 is 45.2 Å². The number of allylic oxidation sites excluding steroid dienone is 1. The Morgan fingerprint density at radius 2 is 1.93 bits per heavy atom. The minimum atomic E-state index is -0.621. The number of rotatable bonds is 10. The highest BCUT2D eigenvalue weighted by atomic mass is 79.9. The van der Waals surface area contributed by atoms with Crippen LogP contribution in [-0.2, 0) is 11.4 Å². The Hall–Kier alpha value is -3.83. The van der Waals surface area contributed by atoms with Gasteiger partial charge in [0.05, 0.1) is 17.2 Å². The molecule has 0 fully saturated rings. The number of carbonyl (C=O) groups excluding carboxylic acids is 1. The lowest BCUT2D eigenvalue weighted by atomic mass is 9.94. The maximum atomic E-state index is 14.2. The maximum Gasteiger partial charge on any atom is 0.255 e. The number of hydrogen-bond donors (Lipinski definition) is 2. The zero-order chi connectivity index (χ0) is 28.9. The molecule has 0 radical (unpaired) electrons. The van der Waals surface area contributed by atoms with Crippen molar-refractivity contribution in [3.8, 4) is 11.5 Å². The van der Waals surface area contributed by atoms with Gasteiger partial charge in [0.15, 0.2) is 11.5 Å². The van der Waals surface area contributed by atoms with Crippen LogP contribution in [0.3, 0.4) is 0 Å². The molecule has 3 aromatic carbocycles. The molecule has 4 aromatic rings. The number of halogens is 2. The molecule has 0 aliphatic carbocycles. The number of amides is 1. The zero-order valence-corrected chi connectivity index (χ0v) is 25.2. The summed E-state index contributed by atoms with van der Waals surface area (Å²) in [5, 5.41) is 11.7. The lowest BCUT2D eigenvalue weighted by Gasteiger charge is -2.29. The fourth-order valence-electron chi connectivity index (χ4n) is 4.51. The Kier molecular flexibility index (Phi) is 8.94. The molecule has 2 N–H and O–H groups in total. The first-order valence-electron chi connectivity index (χ1n) is 13.1. The molecule has 11 heteroatoms. The van der Waals surface area contributed by atoms with E-state index in [4.69, 9.17) is 14.6 Å². The molecule has 0 spiro atoms. The summed E-state index contributed by atoms with van der Waals surface area (Å²) in [6.45, 7) is 3.97. The van der Waals surface area contributed by atoms with Gasteiger partial charge in [-0.15, -0.1) is 5.10 Å². The monoisotopic (exact) mass is 637 g/mol. The second kappa shape index (κ2) is 12.8. The highest BCUT2D eigenvalue weighted by Gasteiger charge is 2.35. The van der Waals surface area contributed by atoms with Crippen LogP contribution >= 0.6 is 27.7 Å². The van der Waals surface area contributed by atoms with E-state index < -0.39 is 6.04 Å². The van der Waals surface area contributed by atoms with Crippen LogP contribution in [-0.4, -0.2) is 33.5 Å². The van der Waals surface area contributed by atoms with Gasteiger partial charge in [0.1, 0.15) is 18.5 Å². The van der Waals surface area contributed by atoms with Crippen LogP contribution < -0.4 is 20.1 Å². The van der Waals surface area contributed by atoms with Crippen molar-refractivity contribution in [2.24, 2.45) is 0 Å². The number of anilines is 2. The predicted octanol–water partition coefficient (Wildman–Crippen LogP) is 7.20. The van der Waals surface area contributed by atoms with Crippen LogP contribution in [0.4, 0.5) is 16.0 Å². The van der Waals surface area contributed by atoms with Crippen LogP contribution in [0.15, 0.2) is 87.6 Å². The SMILES string of the molecule is CCCSc1nc2n(n1)C(c1cc(Br)c(OCc3ccccc3F)c(OC)c1)C(C(=O)Nc1ccccc1)=C(C)N2. The molecule has 2 heterocycles. The smallest absolute Gasteiger partial charge is 0.255 e. The van der Waals surface area contributed by atoms with Crippen molar-refractivity contribution in [1.29, 1.82) is 0 Å². The summed E-state index contributed by atoms with van der Waals surface area (Å²) in [5.41, 5.74) is 2.96. The van der Waals surface area contributed by atoms with E-state index in [-0.39, 0.29) is 18.3 Å². The largest absolute Gasteiger partial charge is 0.493 e. The van der Waals surface area contributed by atoms with Crippen LogP contribution in [0.5, 0.6) is 11.5 Å². The average molecular weight is 639 g/mol. The van der Waals surface area contributed by atoms with Gasteiger partial charge in [0, 0.05) is 22.7 Å². The van der Waals surface area contributed by atoms with E-state index in [1.807, 2.05) is 49.4 Å². The molecule has 5 rings (SSSR count). The molecule has 0 bridgehead atoms. The standard InChI is InChI=1S/C30H29BrFN5O3S/c1-4-14-41-30-35-29-33-18(2)25(28(38)34-21-11-6-5-7-12-21)26(37(29)36-30)20-15-22(31)27(24(16-20)39-3)40-17-19-10-8-9-13-23(19)32/h5-13,15-16,26H,4,14,17H2,1-3H3,(H,34,38)(H,33,35,36). The quantitative estimate of drug-likeness (QED) is 0.178. The molecular weight excluding hydrogens is 609 g/mol. The molecule has 8 nitrogen and oxygen atoms in total. The van der Waals surface area contributed by atoms with Crippen LogP contribution in [0.25, 0.3) is 0 Å². The molecule has 1 aliphatic heterocycles. The zero-order valence-electron chi connectivity index (χ0n) is 22.8. The highest BCUT2D eigenvalue weighted by molar-refractivity contribution is 9.10. The first kappa shape index (κ1) is 28.7. The number of para-hydroxylation sites is 1. The molecule has 0 saturated heterocycles. The third-order valence-corrected chi connectivity index (χ3v) is 8.07. The maximum absolute atomic E-state index is 14.2. The Labute approximate surface area is 250 Å². The average Bonchev–Trinajstić information content (AvgIpc) is 3.37. The molecule has 41 heavy (non-hydrogen) atoms. The fourth-order valence-corrected chi connectivity index (χ4v) is 5.77. The first-order chi connectivity index (χ1) is 19.9. The summed E-state index contributed by atoms with van der Waals surface area (Å²) in [6.07, 6.45) is 0.978. The van der Waals surface area contributed by atoms with E-state index in [1.54, 1.807) is 34.6 Å². The van der Waals surface area contributed by atoms with E-state index in [1.165, 1.54) is 13.2 Å². The van der Waals surface area contributed by atoms with E-state index in [0.29, 0.717) is 49.6 Å². The summed E-state index contributed by atoms with van der Waals surface area (Å²) >= 11 is 5.18. The number of benzene rings is 3. The second-order valence-electron chi connectivity index (χ2n) is 9.31. The highest BCUT2D eigenvalue weighted by Crippen LogP contribution is 2.43. The number of hydrogen-bond acceptors (Lipinski definition) is 7. The normalized spacial score (nSPS) is 14.3. The van der Waals surface area contributed by atoms with Crippen molar-refractivity contribution in [2.75, 3.05) is 23.5 Å². The number of methoxy groups -OCH3 is 1. The summed E-state index contributed by atoms with van der Waals surface area (Å²) in [7, 11) is 1.54. The third-order valence-electron chi connectivity index (χ3n) is 6.44. The van der Waals surface area contributed by atoms with Crippen molar-refractivity contribution in [3.05, 3.63) is 99.4 Å². The van der Waals surface area contributed by atoms with Crippen LogP contribution in [0, 0.1) is 5.82 Å². The molecule has 1 aromatic heterocycles. The number of aromatic nitrogens is 3. The summed E-state index contributed by atoms with van der Waals surface area (Å²) in [4.78, 5) is 18.4. The minimum Gasteiger partial charge on any atom is -0.493 e. The fraction of sp³-hybridized carbons (Fsp3) is 0.233. The second-order valence-corrected chi connectivity index (χ2v) is 11.2. The van der Waals surface area contributed by atoms with Crippen molar-refractivity contribution in [2.45, 2.75) is 38.1 Å². The Bertz CT molecular complexity index is 1590.